The molecular formula is C16H22N2S. The van der Waals surface area contributed by atoms with Gasteiger partial charge in [0.25, 0.3) is 0 Å². The molecule has 2 rings (SSSR count). The lowest BCUT2D eigenvalue weighted by atomic mass is 9.99. The Hall–Kier alpha value is -1.19. The summed E-state index contributed by atoms with van der Waals surface area (Å²) in [7, 11) is 0. The zero-order valence-corrected chi connectivity index (χ0v) is 12.7. The molecule has 0 amide bonds. The van der Waals surface area contributed by atoms with Crippen molar-refractivity contribution in [1.82, 2.24) is 10.3 Å². The van der Waals surface area contributed by atoms with Gasteiger partial charge in [0.2, 0.25) is 0 Å². The minimum Gasteiger partial charge on any atom is -0.310 e. The molecule has 1 N–H and O–H groups in total. The molecule has 0 aliphatic rings. The number of aromatic nitrogens is 1. The number of hydrogen-bond donors (Lipinski definition) is 1. The molecule has 0 aliphatic heterocycles. The van der Waals surface area contributed by atoms with Crippen molar-refractivity contribution in [3.8, 4) is 0 Å². The van der Waals surface area contributed by atoms with Gasteiger partial charge in [0.05, 0.1) is 11.2 Å². The van der Waals surface area contributed by atoms with Gasteiger partial charge in [0, 0.05) is 24.4 Å². The summed E-state index contributed by atoms with van der Waals surface area (Å²) in [5.41, 5.74) is 5.82. The molecule has 0 spiro atoms. The second kappa shape index (κ2) is 6.83. The third kappa shape index (κ3) is 4.15. The first kappa shape index (κ1) is 14.2. The molecule has 3 heteroatoms. The Morgan fingerprint density at radius 3 is 2.37 bits per heavy atom. The number of nitrogens with zero attached hydrogens (tertiary/aromatic N) is 1. The predicted octanol–water partition coefficient (Wildman–Crippen LogP) is 4.16. The van der Waals surface area contributed by atoms with Gasteiger partial charge in [-0.3, -0.25) is 0 Å². The molecule has 1 unspecified atom stereocenters. The van der Waals surface area contributed by atoms with Crippen LogP contribution in [-0.2, 0) is 6.42 Å². The van der Waals surface area contributed by atoms with E-state index in [2.05, 4.69) is 60.7 Å². The summed E-state index contributed by atoms with van der Waals surface area (Å²) in [6.45, 7) is 7.64. The maximum absolute atomic E-state index is 4.30. The van der Waals surface area contributed by atoms with Crippen molar-refractivity contribution in [2.45, 2.75) is 39.2 Å². The van der Waals surface area contributed by atoms with Crippen molar-refractivity contribution in [3.05, 3.63) is 52.0 Å². The van der Waals surface area contributed by atoms with Crippen LogP contribution in [0.2, 0.25) is 0 Å². The number of thiazole rings is 1. The van der Waals surface area contributed by atoms with Crippen molar-refractivity contribution in [2.24, 2.45) is 0 Å². The highest BCUT2D eigenvalue weighted by Crippen LogP contribution is 2.18. The van der Waals surface area contributed by atoms with Crippen LogP contribution >= 0.6 is 11.3 Å². The average Bonchev–Trinajstić information content (AvgIpc) is 2.92. The normalized spacial score (nSPS) is 12.8. The standard InChI is InChI=1S/C16H22N2S/c1-12(2)14-4-6-15(7-5-14)13(3)17-9-8-16-10-19-11-18-16/h4-7,10-13,17H,8-9H2,1-3H3. The molecular weight excluding hydrogens is 252 g/mol. The van der Waals surface area contributed by atoms with Crippen LogP contribution in [0.3, 0.4) is 0 Å². The van der Waals surface area contributed by atoms with Crippen LogP contribution in [0.15, 0.2) is 35.2 Å². The fraction of sp³-hybridized carbons (Fsp3) is 0.438. The van der Waals surface area contributed by atoms with Crippen molar-refractivity contribution in [2.75, 3.05) is 6.54 Å². The van der Waals surface area contributed by atoms with Crippen LogP contribution in [0, 0.1) is 0 Å². The van der Waals surface area contributed by atoms with E-state index in [0.717, 1.165) is 13.0 Å². The lowest BCUT2D eigenvalue weighted by Gasteiger charge is -2.15. The van der Waals surface area contributed by atoms with Gasteiger partial charge < -0.3 is 5.32 Å². The van der Waals surface area contributed by atoms with E-state index in [1.54, 1.807) is 11.3 Å². The van der Waals surface area contributed by atoms with Gasteiger partial charge in [0.15, 0.2) is 0 Å². The molecule has 1 heterocycles. The monoisotopic (exact) mass is 274 g/mol. The molecule has 102 valence electrons. The van der Waals surface area contributed by atoms with Crippen molar-refractivity contribution in [1.29, 1.82) is 0 Å². The third-order valence-electron chi connectivity index (χ3n) is 3.42. The first-order valence-corrected chi connectivity index (χ1v) is 7.81. The summed E-state index contributed by atoms with van der Waals surface area (Å²) in [4.78, 5) is 4.30. The number of rotatable bonds is 6. The maximum Gasteiger partial charge on any atom is 0.0794 e. The molecule has 1 aromatic heterocycles. The minimum atomic E-state index is 0.389. The Morgan fingerprint density at radius 1 is 1.11 bits per heavy atom. The molecule has 2 nitrogen and oxygen atoms in total. The Bertz CT molecular complexity index is 474. The molecule has 1 atom stereocenters. The highest BCUT2D eigenvalue weighted by molar-refractivity contribution is 7.07. The van der Waals surface area contributed by atoms with Crippen LogP contribution in [0.5, 0.6) is 0 Å². The molecule has 0 saturated carbocycles. The summed E-state index contributed by atoms with van der Waals surface area (Å²) in [6, 6.07) is 9.32. The van der Waals surface area contributed by atoms with Crippen LogP contribution in [0.4, 0.5) is 0 Å². The number of nitrogens with one attached hydrogen (secondary N) is 1. The summed E-state index contributed by atoms with van der Waals surface area (Å²) >= 11 is 1.66. The van der Waals surface area contributed by atoms with E-state index in [-0.39, 0.29) is 0 Å². The Balaban J connectivity index is 1.83. The maximum atomic E-state index is 4.30. The van der Waals surface area contributed by atoms with E-state index in [0.29, 0.717) is 12.0 Å². The van der Waals surface area contributed by atoms with E-state index in [9.17, 15) is 0 Å². The van der Waals surface area contributed by atoms with Gasteiger partial charge in [-0.1, -0.05) is 38.1 Å². The first-order chi connectivity index (χ1) is 9.16. The summed E-state index contributed by atoms with van der Waals surface area (Å²) < 4.78 is 0. The fourth-order valence-corrected chi connectivity index (χ4v) is 2.66. The molecule has 0 aliphatic carbocycles. The lowest BCUT2D eigenvalue weighted by Crippen LogP contribution is -2.21. The molecule has 0 bridgehead atoms. The van der Waals surface area contributed by atoms with Crippen LogP contribution in [0.25, 0.3) is 0 Å². The zero-order chi connectivity index (χ0) is 13.7. The summed E-state index contributed by atoms with van der Waals surface area (Å²) in [5.74, 6) is 0.599. The average molecular weight is 274 g/mol. The fourth-order valence-electron chi connectivity index (χ4n) is 2.07. The first-order valence-electron chi connectivity index (χ1n) is 6.87. The van der Waals surface area contributed by atoms with Crippen molar-refractivity contribution in [3.63, 3.8) is 0 Å². The molecule has 0 radical (unpaired) electrons. The molecule has 19 heavy (non-hydrogen) atoms. The van der Waals surface area contributed by atoms with E-state index < -0.39 is 0 Å². The van der Waals surface area contributed by atoms with Crippen LogP contribution < -0.4 is 5.32 Å². The van der Waals surface area contributed by atoms with E-state index >= 15 is 0 Å². The van der Waals surface area contributed by atoms with Crippen LogP contribution in [0.1, 0.15) is 49.6 Å². The quantitative estimate of drug-likeness (QED) is 0.855. The van der Waals surface area contributed by atoms with Crippen LogP contribution in [-0.4, -0.2) is 11.5 Å². The minimum absolute atomic E-state index is 0.389. The van der Waals surface area contributed by atoms with E-state index in [1.807, 2.05) is 5.51 Å². The lowest BCUT2D eigenvalue weighted by molar-refractivity contribution is 0.574. The second-order valence-corrected chi connectivity index (χ2v) is 5.95. The smallest absolute Gasteiger partial charge is 0.0794 e. The number of benzene rings is 1. The zero-order valence-electron chi connectivity index (χ0n) is 11.9. The SMILES string of the molecule is CC(C)c1ccc(C(C)NCCc2cscn2)cc1. The van der Waals surface area contributed by atoms with Gasteiger partial charge >= 0.3 is 0 Å². The van der Waals surface area contributed by atoms with Gasteiger partial charge in [-0.15, -0.1) is 11.3 Å². The van der Waals surface area contributed by atoms with Gasteiger partial charge in [-0.25, -0.2) is 4.98 Å². The largest absolute Gasteiger partial charge is 0.310 e. The molecule has 2 aromatic rings. The third-order valence-corrected chi connectivity index (χ3v) is 4.05. The van der Waals surface area contributed by atoms with Gasteiger partial charge in [0.1, 0.15) is 0 Å². The number of hydrogen-bond acceptors (Lipinski definition) is 3. The Labute approximate surface area is 119 Å². The topological polar surface area (TPSA) is 24.9 Å². The van der Waals surface area contributed by atoms with Gasteiger partial charge in [-0.2, -0.15) is 0 Å². The molecule has 0 fully saturated rings. The highest BCUT2D eigenvalue weighted by atomic mass is 32.1. The second-order valence-electron chi connectivity index (χ2n) is 5.23. The van der Waals surface area contributed by atoms with Crippen molar-refractivity contribution < 1.29 is 0 Å². The molecule has 0 saturated heterocycles. The summed E-state index contributed by atoms with van der Waals surface area (Å²) in [6.07, 6.45) is 0.998. The Kier molecular flexibility index (Phi) is 5.11. The predicted molar refractivity (Wildman–Crippen MR) is 82.8 cm³/mol. The summed E-state index contributed by atoms with van der Waals surface area (Å²) in [5, 5.41) is 5.67. The highest BCUT2D eigenvalue weighted by Gasteiger charge is 2.06. The molecule has 1 aromatic carbocycles. The van der Waals surface area contributed by atoms with Gasteiger partial charge in [-0.05, 0) is 24.0 Å². The van der Waals surface area contributed by atoms with E-state index in [4.69, 9.17) is 0 Å². The Morgan fingerprint density at radius 2 is 1.79 bits per heavy atom. The van der Waals surface area contributed by atoms with E-state index in [1.165, 1.54) is 16.8 Å². The van der Waals surface area contributed by atoms with Crippen molar-refractivity contribution >= 4 is 11.3 Å².